The first-order valence-corrected chi connectivity index (χ1v) is 8.72. The van der Waals surface area contributed by atoms with Gasteiger partial charge in [0, 0.05) is 36.8 Å². The number of anilines is 1. The van der Waals surface area contributed by atoms with Crippen LogP contribution in [0.25, 0.3) is 0 Å². The molecular formula is C16H27Cl2N3OS. The Bertz CT molecular complexity index is 496. The molecule has 0 unspecified atom stereocenters. The first-order chi connectivity index (χ1) is 10.1. The molecule has 4 nitrogen and oxygen atoms in total. The van der Waals surface area contributed by atoms with Gasteiger partial charge in [0.05, 0.1) is 6.04 Å². The third kappa shape index (κ3) is 6.51. The van der Waals surface area contributed by atoms with Gasteiger partial charge in [-0.1, -0.05) is 19.1 Å². The van der Waals surface area contributed by atoms with Gasteiger partial charge in [0.15, 0.2) is 0 Å². The van der Waals surface area contributed by atoms with Crippen molar-refractivity contribution in [3.05, 3.63) is 29.3 Å². The molecule has 0 aromatic heterocycles. The lowest BCUT2D eigenvalue weighted by Crippen LogP contribution is -2.35. The molecule has 132 valence electrons. The Morgan fingerprint density at radius 3 is 2.61 bits per heavy atom. The molecule has 0 aliphatic carbocycles. The third-order valence-corrected chi connectivity index (χ3v) is 4.92. The minimum Gasteiger partial charge on any atom is -0.324 e. The number of amides is 1. The summed E-state index contributed by atoms with van der Waals surface area (Å²) in [7, 11) is 0. The molecule has 1 amide bonds. The van der Waals surface area contributed by atoms with Crippen molar-refractivity contribution in [2.45, 2.75) is 32.9 Å². The van der Waals surface area contributed by atoms with Gasteiger partial charge in [0.2, 0.25) is 5.91 Å². The summed E-state index contributed by atoms with van der Waals surface area (Å²) in [5.74, 6) is 2.31. The fraction of sp³-hybridized carbons (Fsp3) is 0.562. The van der Waals surface area contributed by atoms with Crippen molar-refractivity contribution in [3.63, 3.8) is 0 Å². The molecule has 1 fully saturated rings. The molecule has 1 aromatic rings. The zero-order valence-corrected chi connectivity index (χ0v) is 16.2. The largest absolute Gasteiger partial charge is 0.324 e. The van der Waals surface area contributed by atoms with Gasteiger partial charge < -0.3 is 11.1 Å². The summed E-state index contributed by atoms with van der Waals surface area (Å²) in [5, 5.41) is 2.95. The van der Waals surface area contributed by atoms with Gasteiger partial charge in [-0.3, -0.25) is 9.69 Å². The highest BCUT2D eigenvalue weighted by Crippen LogP contribution is 2.22. The van der Waals surface area contributed by atoms with Crippen LogP contribution in [0, 0.1) is 6.92 Å². The molecular weight excluding hydrogens is 353 g/mol. The Kier molecular flexibility index (Phi) is 10.9. The maximum Gasteiger partial charge on any atom is 0.241 e. The standard InChI is InChI=1S/C16H25N3OS.2ClH/c1-3-14(17)16(20)18-15-6-4-5-13(12(15)2)11-19-7-9-21-10-8-19;;/h4-6,14H,3,7-11,17H2,1-2H3,(H,18,20);2*1H/t14-;;/m0../s1. The van der Waals surface area contributed by atoms with Gasteiger partial charge in [-0.05, 0) is 30.5 Å². The van der Waals surface area contributed by atoms with Gasteiger partial charge in [-0.2, -0.15) is 11.8 Å². The molecule has 0 saturated carbocycles. The quantitative estimate of drug-likeness (QED) is 0.824. The minimum atomic E-state index is -0.438. The van der Waals surface area contributed by atoms with Gasteiger partial charge in [-0.15, -0.1) is 24.8 Å². The lowest BCUT2D eigenvalue weighted by atomic mass is 10.1. The van der Waals surface area contributed by atoms with E-state index in [0.717, 1.165) is 30.9 Å². The number of thioether (sulfide) groups is 1. The van der Waals surface area contributed by atoms with Crippen molar-refractivity contribution in [1.82, 2.24) is 4.90 Å². The predicted molar refractivity (Wildman–Crippen MR) is 105 cm³/mol. The van der Waals surface area contributed by atoms with Gasteiger partial charge in [0.1, 0.15) is 0 Å². The highest BCUT2D eigenvalue weighted by Gasteiger charge is 2.15. The van der Waals surface area contributed by atoms with Crippen LogP contribution in [0.15, 0.2) is 18.2 Å². The molecule has 1 atom stereocenters. The van der Waals surface area contributed by atoms with E-state index in [9.17, 15) is 4.79 Å². The molecule has 0 bridgehead atoms. The average molecular weight is 380 g/mol. The summed E-state index contributed by atoms with van der Waals surface area (Å²) in [4.78, 5) is 14.4. The van der Waals surface area contributed by atoms with E-state index in [4.69, 9.17) is 5.73 Å². The smallest absolute Gasteiger partial charge is 0.241 e. The molecule has 1 aliphatic heterocycles. The highest BCUT2D eigenvalue weighted by molar-refractivity contribution is 7.99. The van der Waals surface area contributed by atoms with E-state index in [1.807, 2.05) is 30.8 Å². The van der Waals surface area contributed by atoms with Crippen LogP contribution in [0.3, 0.4) is 0 Å². The number of nitrogens with one attached hydrogen (secondary N) is 1. The summed E-state index contributed by atoms with van der Waals surface area (Å²) in [5.41, 5.74) is 9.09. The van der Waals surface area contributed by atoms with Crippen LogP contribution < -0.4 is 11.1 Å². The van der Waals surface area contributed by atoms with Crippen molar-refractivity contribution in [2.75, 3.05) is 29.9 Å². The average Bonchev–Trinajstić information content (AvgIpc) is 2.51. The van der Waals surface area contributed by atoms with E-state index >= 15 is 0 Å². The Morgan fingerprint density at radius 2 is 2.00 bits per heavy atom. The third-order valence-electron chi connectivity index (χ3n) is 3.98. The van der Waals surface area contributed by atoms with E-state index in [0.29, 0.717) is 6.42 Å². The van der Waals surface area contributed by atoms with Gasteiger partial charge in [-0.25, -0.2) is 0 Å². The zero-order valence-electron chi connectivity index (χ0n) is 13.7. The van der Waals surface area contributed by atoms with E-state index in [1.54, 1.807) is 0 Å². The van der Waals surface area contributed by atoms with Gasteiger partial charge in [0.25, 0.3) is 0 Å². The number of hydrogen-bond acceptors (Lipinski definition) is 4. The number of rotatable bonds is 5. The molecule has 1 aliphatic rings. The van der Waals surface area contributed by atoms with Crippen molar-refractivity contribution >= 4 is 48.2 Å². The second-order valence-electron chi connectivity index (χ2n) is 5.48. The Balaban J connectivity index is 0.00000242. The normalized spacial score (nSPS) is 16.0. The van der Waals surface area contributed by atoms with Crippen LogP contribution in [-0.2, 0) is 11.3 Å². The van der Waals surface area contributed by atoms with Crippen LogP contribution in [0.4, 0.5) is 5.69 Å². The van der Waals surface area contributed by atoms with Crippen LogP contribution in [0.5, 0.6) is 0 Å². The fourth-order valence-corrected chi connectivity index (χ4v) is 3.38. The maximum atomic E-state index is 11.9. The van der Waals surface area contributed by atoms with E-state index in [2.05, 4.69) is 23.2 Å². The number of nitrogens with zero attached hydrogens (tertiary/aromatic N) is 1. The summed E-state index contributed by atoms with van der Waals surface area (Å²) in [6, 6.07) is 5.67. The molecule has 1 heterocycles. The summed E-state index contributed by atoms with van der Waals surface area (Å²) in [6.45, 7) is 7.22. The lowest BCUT2D eigenvalue weighted by Gasteiger charge is -2.27. The fourth-order valence-electron chi connectivity index (χ4n) is 2.40. The second-order valence-corrected chi connectivity index (χ2v) is 6.71. The number of halogens is 2. The molecule has 1 saturated heterocycles. The Labute approximate surface area is 155 Å². The summed E-state index contributed by atoms with van der Waals surface area (Å²) < 4.78 is 0. The number of hydrogen-bond donors (Lipinski definition) is 2. The van der Waals surface area contributed by atoms with Crippen LogP contribution in [0.1, 0.15) is 24.5 Å². The minimum absolute atomic E-state index is 0. The SMILES string of the molecule is CC[C@H](N)C(=O)Nc1cccc(CN2CCSCC2)c1C.Cl.Cl. The molecule has 1 aromatic carbocycles. The zero-order chi connectivity index (χ0) is 15.2. The monoisotopic (exact) mass is 379 g/mol. The number of carbonyl (C=O) groups excluding carboxylic acids is 1. The summed E-state index contributed by atoms with van der Waals surface area (Å²) in [6.07, 6.45) is 0.649. The molecule has 2 rings (SSSR count). The Hall–Kier alpha value is -0.460. The first kappa shape index (κ1) is 22.5. The molecule has 7 heteroatoms. The molecule has 3 N–H and O–H groups in total. The second kappa shape index (κ2) is 11.2. The van der Waals surface area contributed by atoms with Gasteiger partial charge >= 0.3 is 0 Å². The highest BCUT2D eigenvalue weighted by atomic mass is 35.5. The van der Waals surface area contributed by atoms with Crippen LogP contribution in [0.2, 0.25) is 0 Å². The summed E-state index contributed by atoms with van der Waals surface area (Å²) >= 11 is 2.02. The van der Waals surface area contributed by atoms with E-state index < -0.39 is 6.04 Å². The van der Waals surface area contributed by atoms with Crippen molar-refractivity contribution < 1.29 is 4.79 Å². The lowest BCUT2D eigenvalue weighted by molar-refractivity contribution is -0.117. The van der Waals surface area contributed by atoms with Crippen molar-refractivity contribution in [3.8, 4) is 0 Å². The first-order valence-electron chi connectivity index (χ1n) is 7.57. The van der Waals surface area contributed by atoms with Crippen molar-refractivity contribution in [1.29, 1.82) is 0 Å². The maximum absolute atomic E-state index is 11.9. The molecule has 0 radical (unpaired) electrons. The number of carbonyl (C=O) groups is 1. The number of benzene rings is 1. The predicted octanol–water partition coefficient (Wildman–Crippen LogP) is 3.06. The van der Waals surface area contributed by atoms with E-state index in [1.165, 1.54) is 17.1 Å². The molecule has 0 spiro atoms. The molecule has 23 heavy (non-hydrogen) atoms. The van der Waals surface area contributed by atoms with E-state index in [-0.39, 0.29) is 30.7 Å². The van der Waals surface area contributed by atoms with Crippen LogP contribution >= 0.6 is 36.6 Å². The number of nitrogens with two attached hydrogens (primary N) is 1. The topological polar surface area (TPSA) is 58.4 Å². The van der Waals surface area contributed by atoms with Crippen LogP contribution in [-0.4, -0.2) is 41.4 Å². The van der Waals surface area contributed by atoms with Crippen molar-refractivity contribution in [2.24, 2.45) is 5.73 Å². The Morgan fingerprint density at radius 1 is 1.35 bits per heavy atom.